The van der Waals surface area contributed by atoms with Gasteiger partial charge in [-0.05, 0) is 117 Å². The van der Waals surface area contributed by atoms with Gasteiger partial charge in [-0.1, -0.05) is 99.6 Å². The number of aromatic nitrogens is 1. The highest BCUT2D eigenvalue weighted by atomic mass is 32.1. The molecule has 27 nitrogen and oxygen atoms in total. The van der Waals surface area contributed by atoms with Gasteiger partial charge in [0.1, 0.15) is 12.3 Å². The van der Waals surface area contributed by atoms with Gasteiger partial charge in [-0.2, -0.15) is 18.1 Å². The second-order valence-electron chi connectivity index (χ2n) is 25.9. The van der Waals surface area contributed by atoms with Gasteiger partial charge in [0, 0.05) is 41.5 Å². The van der Waals surface area contributed by atoms with E-state index < -0.39 is 126 Å². The van der Waals surface area contributed by atoms with E-state index >= 15 is 0 Å². The van der Waals surface area contributed by atoms with Crippen molar-refractivity contribution in [3.63, 3.8) is 0 Å². The first-order valence-electron chi connectivity index (χ1n) is 32.1. The molecule has 28 heteroatoms. The number of primary amides is 1. The summed E-state index contributed by atoms with van der Waals surface area (Å²) in [7, 11) is 0. The number of para-hydroxylation sites is 1. The molecule has 2 aromatic carbocycles. The number of nitrogens with two attached hydrogens (primary N) is 4. The second kappa shape index (κ2) is 41.3. The van der Waals surface area contributed by atoms with Crippen LogP contribution in [0.3, 0.4) is 0 Å². The highest BCUT2D eigenvalue weighted by Gasteiger charge is 2.37. The zero-order chi connectivity index (χ0) is 69.6. The molecule has 9 atom stereocenters. The number of rotatable bonds is 49. The zero-order valence-electron chi connectivity index (χ0n) is 55.9. The van der Waals surface area contributed by atoms with Crippen molar-refractivity contribution < 1.29 is 57.6 Å². The van der Waals surface area contributed by atoms with Crippen LogP contribution in [0.2, 0.25) is 0 Å². The second-order valence-corrected chi connectivity index (χ2v) is 26.2. The lowest BCUT2D eigenvalue weighted by Gasteiger charge is -2.27. The van der Waals surface area contributed by atoms with Crippen molar-refractivity contribution in [1.82, 2.24) is 58.5 Å². The van der Waals surface area contributed by atoms with Gasteiger partial charge in [0.25, 0.3) is 5.91 Å². The quantitative estimate of drug-likeness (QED) is 0.0122. The number of ketones is 7. The minimum Gasteiger partial charge on any atom is -0.368 e. The third-order valence-corrected chi connectivity index (χ3v) is 15.5. The van der Waals surface area contributed by atoms with E-state index in [0.29, 0.717) is 30.5 Å². The van der Waals surface area contributed by atoms with Crippen LogP contribution in [0.25, 0.3) is 10.9 Å². The van der Waals surface area contributed by atoms with Crippen LogP contribution < -0.4 is 76.5 Å². The first-order valence-corrected chi connectivity index (χ1v) is 32.7. The molecular weight excluding hydrogens is 1210 g/mol. The van der Waals surface area contributed by atoms with Crippen LogP contribution in [0.15, 0.2) is 54.7 Å². The number of thiol groups is 1. The molecule has 1 unspecified atom stereocenters. The SMILES string of the molecule is CC(C)C[C@H](NCN[C@@H](C)C(=O)CN[C@@H](CC(C)C)C(=O)C(=O)[C@H](CC(C)C)NOCc1ccc(C(=O)NC(CS)C(N)=O)cc1)C(=O)N[C@@H](CC(C)C)C(=O)C(=O)[C@H](CC(C)C)NNCC(=O)N[C@@H](Cc1c[nH]c2ccccc12)C(=O)C(=O)[C@@H](N)CCCNC(N)N. The molecule has 518 valence electrons. The van der Waals surface area contributed by atoms with Gasteiger partial charge in [0.05, 0.1) is 68.0 Å². The molecule has 3 rings (SSSR count). The molecule has 0 radical (unpaired) electrons. The number of hydroxylamine groups is 1. The highest BCUT2D eigenvalue weighted by molar-refractivity contribution is 7.80. The Hall–Kier alpha value is -6.54. The molecule has 1 heterocycles. The summed E-state index contributed by atoms with van der Waals surface area (Å²) >= 11 is 4.05. The molecular formula is C65H105N15O12S. The number of Topliss-reactive ketones (excluding diaryl/α,β-unsaturated/α-hetero) is 7. The molecule has 19 N–H and O–H groups in total. The van der Waals surface area contributed by atoms with E-state index in [0.717, 1.165) is 10.9 Å². The fourth-order valence-electron chi connectivity index (χ4n) is 10.1. The summed E-state index contributed by atoms with van der Waals surface area (Å²) < 4.78 is 0. The van der Waals surface area contributed by atoms with Crippen molar-refractivity contribution in [1.29, 1.82) is 0 Å². The molecule has 93 heavy (non-hydrogen) atoms. The minimum absolute atomic E-state index is 0.0159. The zero-order valence-corrected chi connectivity index (χ0v) is 56.8. The van der Waals surface area contributed by atoms with Gasteiger partial charge in [-0.25, -0.2) is 10.9 Å². The Morgan fingerprint density at radius 3 is 1.71 bits per heavy atom. The van der Waals surface area contributed by atoms with Crippen LogP contribution in [0.1, 0.15) is 143 Å². The predicted octanol–water partition coefficient (Wildman–Crippen LogP) is 0.711. The Bertz CT molecular complexity index is 2940. The molecule has 0 aliphatic rings. The van der Waals surface area contributed by atoms with Crippen molar-refractivity contribution in [2.45, 2.75) is 195 Å². The average molecular weight is 1320 g/mol. The lowest BCUT2D eigenvalue weighted by atomic mass is 9.92. The summed E-state index contributed by atoms with van der Waals surface area (Å²) in [6.45, 7) is 20.0. The summed E-state index contributed by atoms with van der Waals surface area (Å²) in [5.74, 6) is -8.04. The molecule has 0 aliphatic heterocycles. The number of hydrogen-bond donors (Lipinski definition) is 16. The fraction of sp³-hybridized carbons (Fsp3) is 0.615. The van der Waals surface area contributed by atoms with Gasteiger partial charge in [-0.15, -0.1) is 0 Å². The van der Waals surface area contributed by atoms with Crippen LogP contribution >= 0.6 is 12.6 Å². The third-order valence-electron chi connectivity index (χ3n) is 15.1. The lowest BCUT2D eigenvalue weighted by Crippen LogP contribution is -2.57. The highest BCUT2D eigenvalue weighted by Crippen LogP contribution is 2.21. The van der Waals surface area contributed by atoms with Gasteiger partial charge < -0.3 is 49.2 Å². The van der Waals surface area contributed by atoms with Crippen molar-refractivity contribution in [2.24, 2.45) is 52.5 Å². The van der Waals surface area contributed by atoms with E-state index in [1.807, 2.05) is 93.5 Å². The first kappa shape index (κ1) is 80.7. The summed E-state index contributed by atoms with van der Waals surface area (Å²) in [4.78, 5) is 158. The molecule has 0 fully saturated rings. The molecule has 0 saturated carbocycles. The molecule has 0 aliphatic carbocycles. The predicted molar refractivity (Wildman–Crippen MR) is 359 cm³/mol. The number of hydrogen-bond acceptors (Lipinski definition) is 23. The Balaban J connectivity index is 1.65. The molecule has 0 bridgehead atoms. The van der Waals surface area contributed by atoms with E-state index in [2.05, 4.69) is 71.2 Å². The molecule has 4 amide bonds. The van der Waals surface area contributed by atoms with Crippen LogP contribution in [-0.2, 0) is 65.8 Å². The maximum Gasteiger partial charge on any atom is 0.251 e. The Labute approximate surface area is 552 Å². The van der Waals surface area contributed by atoms with E-state index in [-0.39, 0.29) is 105 Å². The van der Waals surface area contributed by atoms with Gasteiger partial charge in [0.15, 0.2) is 5.78 Å². The first-order chi connectivity index (χ1) is 43.8. The molecule has 0 saturated heterocycles. The number of hydrazine groups is 1. The van der Waals surface area contributed by atoms with E-state index in [4.69, 9.17) is 27.8 Å². The van der Waals surface area contributed by atoms with Crippen molar-refractivity contribution in [3.05, 3.63) is 71.4 Å². The lowest BCUT2D eigenvalue weighted by molar-refractivity contribution is -0.142. The van der Waals surface area contributed by atoms with Crippen molar-refractivity contribution in [2.75, 3.05) is 32.1 Å². The number of aromatic amines is 1. The normalized spacial score (nSPS) is 14.8. The topological polar surface area (TPSA) is 437 Å². The van der Waals surface area contributed by atoms with E-state index in [9.17, 15) is 52.7 Å². The summed E-state index contributed by atoms with van der Waals surface area (Å²) in [5.41, 5.74) is 33.3. The third kappa shape index (κ3) is 28.9. The van der Waals surface area contributed by atoms with Crippen LogP contribution in [-0.4, -0.2) is 162 Å². The maximum atomic E-state index is 14.3. The Kier molecular flexibility index (Phi) is 35.9. The minimum atomic E-state index is -1.31. The van der Waals surface area contributed by atoms with Crippen LogP contribution in [0.5, 0.6) is 0 Å². The number of benzene rings is 2. The van der Waals surface area contributed by atoms with Gasteiger partial charge >= 0.3 is 0 Å². The van der Waals surface area contributed by atoms with Crippen LogP contribution in [0.4, 0.5) is 0 Å². The fourth-order valence-corrected chi connectivity index (χ4v) is 10.4. The monoisotopic (exact) mass is 1320 g/mol. The summed E-state index contributed by atoms with van der Waals surface area (Å²) in [6, 6.07) is 4.21. The number of H-pyrrole nitrogens is 1. The average Bonchev–Trinajstić information content (AvgIpc) is 2.04. The number of carbonyl (C=O) groups excluding carboxylic acids is 11. The molecule has 0 spiro atoms. The van der Waals surface area contributed by atoms with E-state index in [1.165, 1.54) is 12.1 Å². The largest absolute Gasteiger partial charge is 0.368 e. The standard InChI is InChI=1S/C65H105N15O12S/c1-35(2)23-47(57(84)61(88)51(26-38(7)8)80-92-32-41-18-20-42(21-19-41)63(90)78-53(33-93)62(67)89)72-30-54(81)40(11)73-34-74-52(27-39(9)10)64(91)77-48(24-36(3)4)59(86)60(87)50(25-37(5)6)79-75-31-55(82)76-49(28-43-29-71-46-17-13-12-15-44(43)46)58(85)56(83)45(66)16-14-22-70-65(68)69/h12-13,15,17-21,29,35-40,45,47-53,65,70-75,79-80,93H,14,16,22-28,30-34,66,68-69H2,1-11H3,(H2,67,89)(H,76,82)(H,77,91)(H,78,90)/t40-,45-,47-,48-,49-,50-,51-,52-,53?/m0/s1. The number of nitrogens with one attached hydrogen (secondary N) is 11. The maximum absolute atomic E-state index is 14.3. The molecule has 1 aromatic heterocycles. The smallest absolute Gasteiger partial charge is 0.251 e. The van der Waals surface area contributed by atoms with Crippen molar-refractivity contribution >= 4 is 87.6 Å². The van der Waals surface area contributed by atoms with Gasteiger partial charge in [0.2, 0.25) is 52.4 Å². The Morgan fingerprint density at radius 2 is 1.11 bits per heavy atom. The van der Waals surface area contributed by atoms with Crippen LogP contribution in [0, 0.1) is 29.6 Å². The number of carbonyl (C=O) groups is 11. The Morgan fingerprint density at radius 1 is 0.559 bits per heavy atom. The summed E-state index contributed by atoms with van der Waals surface area (Å²) in [5, 5.41) is 20.9. The summed E-state index contributed by atoms with van der Waals surface area (Å²) in [6.07, 6.45) is 2.53. The molecule has 3 aromatic rings. The van der Waals surface area contributed by atoms with Crippen molar-refractivity contribution in [3.8, 4) is 0 Å². The number of amides is 4. The van der Waals surface area contributed by atoms with E-state index in [1.54, 1.807) is 25.3 Å². The van der Waals surface area contributed by atoms with Gasteiger partial charge in [-0.3, -0.25) is 73.5 Å². The number of fused-ring (bicyclic) bond motifs is 1.